The van der Waals surface area contributed by atoms with Gasteiger partial charge in [-0.15, -0.1) is 0 Å². The standard InChI is InChI=1S/C12H15NO5/c1-8(2)11(14)7-18-12-6-9(17-3)4-5-10(12)13(15)16/h4-6,8H,7H2,1-3H3. The number of nitrogens with zero attached hydrogens (tertiary/aromatic N) is 1. The van der Waals surface area contributed by atoms with Crippen LogP contribution in [0.25, 0.3) is 0 Å². The van der Waals surface area contributed by atoms with Crippen LogP contribution in [-0.4, -0.2) is 24.4 Å². The average Bonchev–Trinajstić information content (AvgIpc) is 2.34. The molecule has 0 amide bonds. The zero-order valence-electron chi connectivity index (χ0n) is 10.5. The Labute approximate surface area is 105 Å². The monoisotopic (exact) mass is 253 g/mol. The fraction of sp³-hybridized carbons (Fsp3) is 0.417. The molecule has 1 rings (SSSR count). The van der Waals surface area contributed by atoms with Gasteiger partial charge < -0.3 is 9.47 Å². The highest BCUT2D eigenvalue weighted by Gasteiger charge is 2.17. The SMILES string of the molecule is COc1ccc([N+](=O)[O-])c(OCC(=O)C(C)C)c1. The lowest BCUT2D eigenvalue weighted by molar-refractivity contribution is -0.385. The van der Waals surface area contributed by atoms with Crippen molar-refractivity contribution < 1.29 is 19.2 Å². The molecule has 1 aromatic rings. The Balaban J connectivity index is 2.91. The third kappa shape index (κ3) is 3.44. The number of benzene rings is 1. The predicted octanol–water partition coefficient (Wildman–Crippen LogP) is 2.21. The smallest absolute Gasteiger partial charge is 0.311 e. The molecule has 0 radical (unpaired) electrons. The van der Waals surface area contributed by atoms with Crippen LogP contribution in [0.15, 0.2) is 18.2 Å². The van der Waals surface area contributed by atoms with Crippen LogP contribution in [0.1, 0.15) is 13.8 Å². The summed E-state index contributed by atoms with van der Waals surface area (Å²) >= 11 is 0. The van der Waals surface area contributed by atoms with E-state index in [0.717, 1.165) is 0 Å². The second-order valence-electron chi connectivity index (χ2n) is 4.00. The van der Waals surface area contributed by atoms with Gasteiger partial charge in [0.15, 0.2) is 5.78 Å². The summed E-state index contributed by atoms with van der Waals surface area (Å²) in [6.45, 7) is 3.29. The van der Waals surface area contributed by atoms with Gasteiger partial charge in [-0.2, -0.15) is 0 Å². The van der Waals surface area contributed by atoms with E-state index in [1.807, 2.05) is 0 Å². The van der Waals surface area contributed by atoms with Crippen molar-refractivity contribution in [2.75, 3.05) is 13.7 Å². The highest BCUT2D eigenvalue weighted by molar-refractivity contribution is 5.81. The van der Waals surface area contributed by atoms with E-state index < -0.39 is 4.92 Å². The molecular weight excluding hydrogens is 238 g/mol. The van der Waals surface area contributed by atoms with Crippen molar-refractivity contribution in [3.63, 3.8) is 0 Å². The largest absolute Gasteiger partial charge is 0.497 e. The van der Waals surface area contributed by atoms with Gasteiger partial charge in [0, 0.05) is 18.1 Å². The van der Waals surface area contributed by atoms with Crippen LogP contribution in [0.4, 0.5) is 5.69 Å². The summed E-state index contributed by atoms with van der Waals surface area (Å²) in [5.41, 5.74) is -0.188. The van der Waals surface area contributed by atoms with E-state index in [0.29, 0.717) is 5.75 Å². The molecule has 0 fully saturated rings. The molecule has 98 valence electrons. The summed E-state index contributed by atoms with van der Waals surface area (Å²) in [6, 6.07) is 4.15. The lowest BCUT2D eigenvalue weighted by Crippen LogP contribution is -2.17. The molecule has 6 heteroatoms. The van der Waals surface area contributed by atoms with Crippen molar-refractivity contribution in [1.82, 2.24) is 0 Å². The maximum atomic E-state index is 11.4. The van der Waals surface area contributed by atoms with E-state index in [4.69, 9.17) is 9.47 Å². The molecule has 0 aliphatic rings. The summed E-state index contributed by atoms with van der Waals surface area (Å²) < 4.78 is 10.1. The summed E-state index contributed by atoms with van der Waals surface area (Å²) in [5.74, 6) is 0.183. The maximum absolute atomic E-state index is 11.4. The van der Waals surface area contributed by atoms with Gasteiger partial charge in [0.2, 0.25) is 5.75 Å². The topological polar surface area (TPSA) is 78.7 Å². The molecule has 18 heavy (non-hydrogen) atoms. The predicted molar refractivity (Wildman–Crippen MR) is 65.0 cm³/mol. The van der Waals surface area contributed by atoms with E-state index >= 15 is 0 Å². The van der Waals surface area contributed by atoms with Crippen LogP contribution in [-0.2, 0) is 4.79 Å². The summed E-state index contributed by atoms with van der Waals surface area (Å²) in [4.78, 5) is 21.7. The molecular formula is C12H15NO5. The zero-order chi connectivity index (χ0) is 13.7. The number of Topliss-reactive ketones (excluding diaryl/α,β-unsaturated/α-hetero) is 1. The number of carbonyl (C=O) groups excluding carboxylic acids is 1. The van der Waals surface area contributed by atoms with Crippen LogP contribution in [0, 0.1) is 16.0 Å². The first-order valence-electron chi connectivity index (χ1n) is 5.43. The van der Waals surface area contributed by atoms with E-state index in [-0.39, 0.29) is 29.7 Å². The number of hydrogen-bond acceptors (Lipinski definition) is 5. The van der Waals surface area contributed by atoms with Crippen LogP contribution < -0.4 is 9.47 Å². The maximum Gasteiger partial charge on any atom is 0.311 e. The third-order valence-electron chi connectivity index (χ3n) is 2.38. The minimum absolute atomic E-state index is 0.0355. The Kier molecular flexibility index (Phi) is 4.65. The molecule has 0 bridgehead atoms. The Bertz CT molecular complexity index is 456. The molecule has 0 atom stereocenters. The fourth-order valence-corrected chi connectivity index (χ4v) is 1.20. The molecule has 0 aliphatic carbocycles. The van der Waals surface area contributed by atoms with Gasteiger partial charge in [-0.1, -0.05) is 13.8 Å². The van der Waals surface area contributed by atoms with Gasteiger partial charge in [-0.05, 0) is 6.07 Å². The van der Waals surface area contributed by atoms with Crippen molar-refractivity contribution in [2.45, 2.75) is 13.8 Å². The molecule has 0 N–H and O–H groups in total. The van der Waals surface area contributed by atoms with Crippen LogP contribution in [0.5, 0.6) is 11.5 Å². The average molecular weight is 253 g/mol. The highest BCUT2D eigenvalue weighted by Crippen LogP contribution is 2.31. The van der Waals surface area contributed by atoms with E-state index in [1.165, 1.54) is 25.3 Å². The minimum Gasteiger partial charge on any atom is -0.497 e. The van der Waals surface area contributed by atoms with Crippen molar-refractivity contribution >= 4 is 11.5 Å². The third-order valence-corrected chi connectivity index (χ3v) is 2.38. The van der Waals surface area contributed by atoms with Crippen molar-refractivity contribution in [2.24, 2.45) is 5.92 Å². The van der Waals surface area contributed by atoms with Gasteiger partial charge in [0.05, 0.1) is 12.0 Å². The molecule has 1 aromatic carbocycles. The first kappa shape index (κ1) is 14.0. The fourth-order valence-electron chi connectivity index (χ4n) is 1.20. The van der Waals surface area contributed by atoms with Crippen molar-refractivity contribution in [1.29, 1.82) is 0 Å². The van der Waals surface area contributed by atoms with E-state index in [1.54, 1.807) is 13.8 Å². The number of nitro benzene ring substituents is 1. The van der Waals surface area contributed by atoms with Crippen LogP contribution >= 0.6 is 0 Å². The van der Waals surface area contributed by atoms with Gasteiger partial charge in [-0.3, -0.25) is 14.9 Å². The molecule has 0 saturated heterocycles. The second-order valence-corrected chi connectivity index (χ2v) is 4.00. The van der Waals surface area contributed by atoms with E-state index in [9.17, 15) is 14.9 Å². The lowest BCUT2D eigenvalue weighted by Gasteiger charge is -2.09. The minimum atomic E-state index is -0.561. The van der Waals surface area contributed by atoms with Crippen LogP contribution in [0.2, 0.25) is 0 Å². The molecule has 0 unspecified atom stereocenters. The Morgan fingerprint density at radius 1 is 1.44 bits per heavy atom. The normalized spacial score (nSPS) is 10.2. The molecule has 6 nitrogen and oxygen atoms in total. The first-order chi connectivity index (χ1) is 8.45. The van der Waals surface area contributed by atoms with Gasteiger partial charge in [0.25, 0.3) is 0 Å². The number of carbonyl (C=O) groups is 1. The van der Waals surface area contributed by atoms with E-state index in [2.05, 4.69) is 0 Å². The molecule has 0 aliphatic heterocycles. The quantitative estimate of drug-likeness (QED) is 0.573. The van der Waals surface area contributed by atoms with Crippen molar-refractivity contribution in [3.05, 3.63) is 28.3 Å². The zero-order valence-corrected chi connectivity index (χ0v) is 10.5. The number of ether oxygens (including phenoxy) is 2. The molecule has 0 spiro atoms. The summed E-state index contributed by atoms with van der Waals surface area (Å²) in [6.07, 6.45) is 0. The Hall–Kier alpha value is -2.11. The Morgan fingerprint density at radius 3 is 2.61 bits per heavy atom. The highest BCUT2D eigenvalue weighted by atomic mass is 16.6. The number of methoxy groups -OCH3 is 1. The number of nitro groups is 1. The number of rotatable bonds is 6. The number of hydrogen-bond donors (Lipinski definition) is 0. The number of ketones is 1. The lowest BCUT2D eigenvalue weighted by atomic mass is 10.1. The first-order valence-corrected chi connectivity index (χ1v) is 5.43. The molecule has 0 heterocycles. The van der Waals surface area contributed by atoms with Gasteiger partial charge in [-0.25, -0.2) is 0 Å². The molecule has 0 saturated carbocycles. The van der Waals surface area contributed by atoms with Crippen molar-refractivity contribution in [3.8, 4) is 11.5 Å². The van der Waals surface area contributed by atoms with Gasteiger partial charge in [0.1, 0.15) is 12.4 Å². The summed E-state index contributed by atoms with van der Waals surface area (Å²) in [7, 11) is 1.45. The van der Waals surface area contributed by atoms with Gasteiger partial charge >= 0.3 is 5.69 Å². The molecule has 0 aromatic heterocycles. The second kappa shape index (κ2) is 6.00. The summed E-state index contributed by atoms with van der Waals surface area (Å²) in [5, 5.41) is 10.8. The Morgan fingerprint density at radius 2 is 2.11 bits per heavy atom. The van der Waals surface area contributed by atoms with Crippen LogP contribution in [0.3, 0.4) is 0 Å².